The number of carbonyl (C=O) groups excluding carboxylic acids is 1. The van der Waals surface area contributed by atoms with Crippen molar-refractivity contribution >= 4 is 17.2 Å². The number of hydrogen-bond donors (Lipinski definition) is 1. The van der Waals surface area contributed by atoms with Gasteiger partial charge >= 0.3 is 0 Å². The molecule has 1 N–H and O–H groups in total. The lowest BCUT2D eigenvalue weighted by Crippen LogP contribution is -2.48. The van der Waals surface area contributed by atoms with Crippen LogP contribution >= 0.6 is 11.3 Å². The molecular formula is C19H15F2N5O3S. The highest BCUT2D eigenvalue weighted by Gasteiger charge is 2.37. The smallest absolute Gasteiger partial charge is 0.288 e. The number of nitrogens with zero attached hydrogens (tertiary/aromatic N) is 5. The number of halogens is 2. The van der Waals surface area contributed by atoms with E-state index in [2.05, 4.69) is 10.2 Å². The lowest BCUT2D eigenvalue weighted by Gasteiger charge is -2.35. The summed E-state index contributed by atoms with van der Waals surface area (Å²) in [4.78, 5) is 25.4. The van der Waals surface area contributed by atoms with Crippen LogP contribution in [0.2, 0.25) is 0 Å². The molecule has 4 heterocycles. The fourth-order valence-corrected chi connectivity index (χ4v) is 4.61. The zero-order valence-electron chi connectivity index (χ0n) is 15.5. The van der Waals surface area contributed by atoms with E-state index in [-0.39, 0.29) is 28.2 Å². The molecule has 3 aromatic rings. The Kier molecular flexibility index (Phi) is 4.36. The predicted octanol–water partition coefficient (Wildman–Crippen LogP) is 1.98. The van der Waals surface area contributed by atoms with Crippen molar-refractivity contribution in [1.82, 2.24) is 24.8 Å². The molecule has 11 heteroatoms. The van der Waals surface area contributed by atoms with Crippen molar-refractivity contribution in [2.75, 3.05) is 13.1 Å². The number of hydrogen-bond acceptors (Lipinski definition) is 7. The Balaban J connectivity index is 1.51. The minimum atomic E-state index is -0.710. The normalized spacial score (nSPS) is 16.1. The number of carbonyl (C=O) groups is 1. The van der Waals surface area contributed by atoms with E-state index in [1.54, 1.807) is 0 Å². The first-order valence-electron chi connectivity index (χ1n) is 9.22. The van der Waals surface area contributed by atoms with Crippen molar-refractivity contribution in [3.05, 3.63) is 62.5 Å². The van der Waals surface area contributed by atoms with Gasteiger partial charge in [-0.25, -0.2) is 8.78 Å². The van der Waals surface area contributed by atoms with Gasteiger partial charge in [0.25, 0.3) is 5.91 Å². The van der Waals surface area contributed by atoms with E-state index in [0.29, 0.717) is 24.8 Å². The lowest BCUT2D eigenvalue weighted by molar-refractivity contribution is -0.0100. The average molecular weight is 431 g/mol. The summed E-state index contributed by atoms with van der Waals surface area (Å²) in [7, 11) is 0. The number of amides is 1. The first-order valence-corrected chi connectivity index (χ1v) is 10.0. The van der Waals surface area contributed by atoms with E-state index < -0.39 is 28.7 Å². The van der Waals surface area contributed by atoms with Crippen molar-refractivity contribution in [3.63, 3.8) is 0 Å². The first-order chi connectivity index (χ1) is 14.4. The molecule has 2 aliphatic heterocycles. The number of aromatic hydroxyl groups is 1. The summed E-state index contributed by atoms with van der Waals surface area (Å²) < 4.78 is 28.5. The van der Waals surface area contributed by atoms with Gasteiger partial charge in [-0.05, 0) is 18.1 Å². The van der Waals surface area contributed by atoms with Crippen LogP contribution in [-0.4, -0.2) is 48.9 Å². The van der Waals surface area contributed by atoms with E-state index in [1.807, 2.05) is 5.01 Å². The molecular weight excluding hydrogens is 416 g/mol. The number of aromatic nitrogens is 3. The van der Waals surface area contributed by atoms with Crippen LogP contribution in [0.15, 0.2) is 29.2 Å². The van der Waals surface area contributed by atoms with Gasteiger partial charge in [-0.2, -0.15) is 5.01 Å². The van der Waals surface area contributed by atoms with Gasteiger partial charge in [0, 0.05) is 31.8 Å². The summed E-state index contributed by atoms with van der Waals surface area (Å²) in [6.07, 6.45) is 2.40. The van der Waals surface area contributed by atoms with Crippen molar-refractivity contribution in [1.29, 1.82) is 0 Å². The first kappa shape index (κ1) is 18.8. The molecule has 2 aromatic heterocycles. The summed E-state index contributed by atoms with van der Waals surface area (Å²) >= 11 is 1.07. The Morgan fingerprint density at radius 1 is 1.17 bits per heavy atom. The SMILES string of the molecule is O=C1c2c(O)c(=O)c(-c3nnc(Cc4ccc(F)cc4F)s3)cn2CN2CCCN12. The minimum absolute atomic E-state index is 0.0416. The molecule has 2 aliphatic rings. The molecule has 1 saturated heterocycles. The van der Waals surface area contributed by atoms with Crippen LogP contribution in [0, 0.1) is 11.6 Å². The Bertz CT molecular complexity index is 1240. The highest BCUT2D eigenvalue weighted by atomic mass is 32.1. The summed E-state index contributed by atoms with van der Waals surface area (Å²) in [5, 5.41) is 22.5. The molecule has 5 rings (SSSR count). The predicted molar refractivity (Wildman–Crippen MR) is 103 cm³/mol. The molecule has 0 spiro atoms. The molecule has 154 valence electrons. The second-order valence-electron chi connectivity index (χ2n) is 7.11. The van der Waals surface area contributed by atoms with E-state index in [4.69, 9.17) is 0 Å². The van der Waals surface area contributed by atoms with Crippen LogP contribution in [0.4, 0.5) is 8.78 Å². The van der Waals surface area contributed by atoms with Crippen molar-refractivity contribution in [2.24, 2.45) is 0 Å². The molecule has 0 atom stereocenters. The fraction of sp³-hybridized carbons (Fsp3) is 0.263. The number of benzene rings is 1. The maximum Gasteiger partial charge on any atom is 0.288 e. The van der Waals surface area contributed by atoms with E-state index in [9.17, 15) is 23.5 Å². The van der Waals surface area contributed by atoms with Gasteiger partial charge in [0.05, 0.1) is 12.2 Å². The zero-order valence-corrected chi connectivity index (χ0v) is 16.3. The second kappa shape index (κ2) is 6.96. The van der Waals surface area contributed by atoms with Crippen molar-refractivity contribution < 1.29 is 18.7 Å². The van der Waals surface area contributed by atoms with Crippen molar-refractivity contribution in [3.8, 4) is 16.3 Å². The third-order valence-electron chi connectivity index (χ3n) is 5.19. The summed E-state index contributed by atoms with van der Waals surface area (Å²) in [5.41, 5.74) is -0.387. The van der Waals surface area contributed by atoms with Gasteiger partial charge in [0.2, 0.25) is 5.43 Å². The molecule has 0 saturated carbocycles. The highest BCUT2D eigenvalue weighted by Crippen LogP contribution is 2.30. The van der Waals surface area contributed by atoms with E-state index in [0.717, 1.165) is 29.9 Å². The third-order valence-corrected chi connectivity index (χ3v) is 6.15. The van der Waals surface area contributed by atoms with Crippen LogP contribution in [0.1, 0.15) is 27.5 Å². The summed E-state index contributed by atoms with van der Waals surface area (Å²) in [6, 6.07) is 3.29. The van der Waals surface area contributed by atoms with Crippen LogP contribution in [0.3, 0.4) is 0 Å². The molecule has 1 aromatic carbocycles. The molecule has 30 heavy (non-hydrogen) atoms. The van der Waals surface area contributed by atoms with Crippen LogP contribution in [-0.2, 0) is 13.1 Å². The Hall–Kier alpha value is -3.18. The Morgan fingerprint density at radius 2 is 2.00 bits per heavy atom. The van der Waals surface area contributed by atoms with Crippen LogP contribution in [0.5, 0.6) is 5.75 Å². The van der Waals surface area contributed by atoms with Gasteiger partial charge < -0.3 is 9.67 Å². The van der Waals surface area contributed by atoms with Crippen molar-refractivity contribution in [2.45, 2.75) is 19.5 Å². The second-order valence-corrected chi connectivity index (χ2v) is 8.17. The van der Waals surface area contributed by atoms with Crippen LogP contribution in [0.25, 0.3) is 10.6 Å². The Morgan fingerprint density at radius 3 is 2.80 bits per heavy atom. The number of rotatable bonds is 3. The van der Waals surface area contributed by atoms with Gasteiger partial charge in [0.15, 0.2) is 16.5 Å². The molecule has 0 bridgehead atoms. The molecule has 0 unspecified atom stereocenters. The quantitative estimate of drug-likeness (QED) is 0.682. The maximum absolute atomic E-state index is 13.9. The zero-order chi connectivity index (χ0) is 21.0. The fourth-order valence-electron chi connectivity index (χ4n) is 3.74. The lowest BCUT2D eigenvalue weighted by atomic mass is 10.1. The minimum Gasteiger partial charge on any atom is -0.503 e. The van der Waals surface area contributed by atoms with Gasteiger partial charge in [-0.15, -0.1) is 10.2 Å². The standard InChI is InChI=1S/C19H15F2N5O3S/c20-11-3-2-10(13(21)7-11)6-14-22-23-18(30-14)12-8-24-9-25-4-1-5-26(25)19(29)15(24)17(28)16(12)27/h2-3,7-8,28H,1,4-6,9H2. The average Bonchev–Trinajstić information content (AvgIpc) is 3.36. The number of pyridine rings is 1. The molecule has 8 nitrogen and oxygen atoms in total. The van der Waals surface area contributed by atoms with Gasteiger partial charge in [0.1, 0.15) is 16.6 Å². The molecule has 1 amide bonds. The maximum atomic E-state index is 13.9. The monoisotopic (exact) mass is 431 g/mol. The van der Waals surface area contributed by atoms with E-state index >= 15 is 0 Å². The molecule has 1 fully saturated rings. The van der Waals surface area contributed by atoms with E-state index in [1.165, 1.54) is 21.8 Å². The molecule has 0 aliphatic carbocycles. The highest BCUT2D eigenvalue weighted by molar-refractivity contribution is 7.14. The largest absolute Gasteiger partial charge is 0.503 e. The van der Waals surface area contributed by atoms with Gasteiger partial charge in [-0.1, -0.05) is 17.4 Å². The summed E-state index contributed by atoms with van der Waals surface area (Å²) in [5.74, 6) is -2.39. The number of fused-ring (bicyclic) bond motifs is 2. The topological polar surface area (TPSA) is 91.6 Å². The summed E-state index contributed by atoms with van der Waals surface area (Å²) in [6.45, 7) is 1.59. The number of hydrazine groups is 1. The van der Waals surface area contributed by atoms with Crippen LogP contribution < -0.4 is 5.43 Å². The molecule has 0 radical (unpaired) electrons. The van der Waals surface area contributed by atoms with Gasteiger partial charge in [-0.3, -0.25) is 14.6 Å². The third kappa shape index (κ3) is 2.97. The Labute approximate surface area is 172 Å².